The second-order valence-electron chi connectivity index (χ2n) is 4.56. The predicted molar refractivity (Wildman–Crippen MR) is 82.6 cm³/mol. The van der Waals surface area contributed by atoms with E-state index in [-0.39, 0.29) is 0 Å². The number of pyridine rings is 1. The Balaban J connectivity index is 2.08. The number of nitrogens with two attached hydrogens (primary N) is 1. The van der Waals surface area contributed by atoms with Gasteiger partial charge < -0.3 is 15.2 Å². The first-order valence-corrected chi connectivity index (χ1v) is 6.57. The van der Waals surface area contributed by atoms with Gasteiger partial charge in [0.1, 0.15) is 12.1 Å². The van der Waals surface area contributed by atoms with Crippen LogP contribution in [0.4, 0.5) is 5.82 Å². The number of aromatic nitrogens is 4. The highest BCUT2D eigenvalue weighted by Crippen LogP contribution is 2.33. The highest BCUT2D eigenvalue weighted by molar-refractivity contribution is 5.71. The highest BCUT2D eigenvalue weighted by atomic mass is 16.5. The minimum absolute atomic E-state index is 0.395. The highest BCUT2D eigenvalue weighted by Gasteiger charge is 2.11. The van der Waals surface area contributed by atoms with Crippen molar-refractivity contribution in [3.8, 4) is 34.1 Å². The van der Waals surface area contributed by atoms with E-state index in [1.165, 1.54) is 6.33 Å². The lowest BCUT2D eigenvalue weighted by Gasteiger charge is -2.10. The minimum atomic E-state index is 0.395. The van der Waals surface area contributed by atoms with Crippen LogP contribution in [0.5, 0.6) is 11.5 Å². The quantitative estimate of drug-likeness (QED) is 0.765. The Kier molecular flexibility index (Phi) is 3.61. The molecule has 0 saturated carbocycles. The van der Waals surface area contributed by atoms with Crippen molar-refractivity contribution >= 4 is 5.82 Å². The van der Waals surface area contributed by atoms with Crippen molar-refractivity contribution in [3.63, 3.8) is 0 Å². The number of methoxy groups -OCH3 is 2. The normalized spacial score (nSPS) is 10.5. The van der Waals surface area contributed by atoms with Crippen LogP contribution in [0.15, 0.2) is 36.7 Å². The van der Waals surface area contributed by atoms with Gasteiger partial charge in [-0.2, -0.15) is 5.10 Å². The van der Waals surface area contributed by atoms with E-state index in [4.69, 9.17) is 15.2 Å². The predicted octanol–water partition coefficient (Wildman–Crippen LogP) is 2.13. The molecule has 0 saturated heterocycles. The number of ether oxygens (including phenoxy) is 2. The van der Waals surface area contributed by atoms with E-state index in [9.17, 15) is 0 Å². The van der Waals surface area contributed by atoms with Crippen molar-refractivity contribution < 1.29 is 9.47 Å². The average Bonchev–Trinajstić information content (AvgIpc) is 3.08. The number of H-pyrrole nitrogens is 1. The first-order valence-electron chi connectivity index (χ1n) is 6.57. The van der Waals surface area contributed by atoms with Gasteiger partial charge in [-0.3, -0.25) is 5.10 Å². The SMILES string of the molecule is COc1ccc(-c2cc(-c3nc[nH]n3)cc(N)n2)cc1OC. The summed E-state index contributed by atoms with van der Waals surface area (Å²) in [7, 11) is 3.19. The van der Waals surface area contributed by atoms with Gasteiger partial charge in [-0.05, 0) is 30.3 Å². The zero-order valence-corrected chi connectivity index (χ0v) is 12.2. The molecule has 2 aromatic heterocycles. The summed E-state index contributed by atoms with van der Waals surface area (Å²) >= 11 is 0. The van der Waals surface area contributed by atoms with Crippen LogP contribution in [-0.2, 0) is 0 Å². The Morgan fingerprint density at radius 2 is 1.82 bits per heavy atom. The van der Waals surface area contributed by atoms with Gasteiger partial charge in [0.15, 0.2) is 17.3 Å². The second-order valence-corrected chi connectivity index (χ2v) is 4.56. The molecule has 0 aliphatic rings. The molecule has 0 atom stereocenters. The zero-order chi connectivity index (χ0) is 15.5. The maximum Gasteiger partial charge on any atom is 0.181 e. The number of aromatic amines is 1. The van der Waals surface area contributed by atoms with Gasteiger partial charge in [-0.25, -0.2) is 9.97 Å². The average molecular weight is 297 g/mol. The molecule has 2 heterocycles. The van der Waals surface area contributed by atoms with Crippen LogP contribution >= 0.6 is 0 Å². The van der Waals surface area contributed by atoms with Gasteiger partial charge in [0.05, 0.1) is 19.9 Å². The van der Waals surface area contributed by atoms with Gasteiger partial charge in [-0.15, -0.1) is 0 Å². The molecule has 3 rings (SSSR count). The number of rotatable bonds is 4. The lowest BCUT2D eigenvalue weighted by atomic mass is 10.1. The molecule has 3 N–H and O–H groups in total. The summed E-state index contributed by atoms with van der Waals surface area (Å²) in [4.78, 5) is 8.49. The lowest BCUT2D eigenvalue weighted by Crippen LogP contribution is -1.96. The molecule has 0 fully saturated rings. The smallest absolute Gasteiger partial charge is 0.181 e. The molecule has 0 amide bonds. The Morgan fingerprint density at radius 1 is 1.00 bits per heavy atom. The molecule has 1 aromatic carbocycles. The fourth-order valence-electron chi connectivity index (χ4n) is 2.17. The van der Waals surface area contributed by atoms with Crippen molar-refractivity contribution in [2.24, 2.45) is 0 Å². The van der Waals surface area contributed by atoms with Crippen LogP contribution in [0.25, 0.3) is 22.6 Å². The molecular weight excluding hydrogens is 282 g/mol. The molecular formula is C15H15N5O2. The molecule has 22 heavy (non-hydrogen) atoms. The Morgan fingerprint density at radius 3 is 2.50 bits per heavy atom. The third-order valence-corrected chi connectivity index (χ3v) is 3.20. The molecule has 0 radical (unpaired) electrons. The Labute approximate surface area is 127 Å². The number of hydrogen-bond donors (Lipinski definition) is 2. The van der Waals surface area contributed by atoms with Crippen molar-refractivity contribution in [2.45, 2.75) is 0 Å². The molecule has 7 heteroatoms. The topological polar surface area (TPSA) is 98.9 Å². The lowest BCUT2D eigenvalue weighted by molar-refractivity contribution is 0.355. The largest absolute Gasteiger partial charge is 0.493 e. The maximum absolute atomic E-state index is 5.90. The van der Waals surface area contributed by atoms with Crippen molar-refractivity contribution in [1.82, 2.24) is 20.2 Å². The molecule has 0 bridgehead atoms. The monoisotopic (exact) mass is 297 g/mol. The van der Waals surface area contributed by atoms with E-state index < -0.39 is 0 Å². The maximum atomic E-state index is 5.90. The number of nitrogen functional groups attached to an aromatic ring is 1. The van der Waals surface area contributed by atoms with Crippen molar-refractivity contribution in [1.29, 1.82) is 0 Å². The summed E-state index contributed by atoms with van der Waals surface area (Å²) in [6.45, 7) is 0. The van der Waals surface area contributed by atoms with Crippen LogP contribution in [-0.4, -0.2) is 34.4 Å². The first kappa shape index (κ1) is 13.9. The number of nitrogens with one attached hydrogen (secondary N) is 1. The Bertz CT molecular complexity index is 787. The molecule has 0 unspecified atom stereocenters. The third-order valence-electron chi connectivity index (χ3n) is 3.20. The molecule has 3 aromatic rings. The minimum Gasteiger partial charge on any atom is -0.493 e. The van der Waals surface area contributed by atoms with E-state index in [2.05, 4.69) is 20.2 Å². The van der Waals surface area contributed by atoms with E-state index in [1.807, 2.05) is 24.3 Å². The number of nitrogens with zero attached hydrogens (tertiary/aromatic N) is 3. The van der Waals surface area contributed by atoms with Gasteiger partial charge in [-0.1, -0.05) is 0 Å². The van der Waals surface area contributed by atoms with Gasteiger partial charge in [0, 0.05) is 11.1 Å². The van der Waals surface area contributed by atoms with Crippen LogP contribution < -0.4 is 15.2 Å². The molecule has 112 valence electrons. The van der Waals surface area contributed by atoms with Crippen molar-refractivity contribution in [2.75, 3.05) is 20.0 Å². The van der Waals surface area contributed by atoms with Crippen molar-refractivity contribution in [3.05, 3.63) is 36.7 Å². The summed E-state index contributed by atoms with van der Waals surface area (Å²) in [6.07, 6.45) is 1.52. The summed E-state index contributed by atoms with van der Waals surface area (Å²) in [5, 5.41) is 6.74. The first-order chi connectivity index (χ1) is 10.7. The molecule has 7 nitrogen and oxygen atoms in total. The van der Waals surface area contributed by atoms with E-state index in [1.54, 1.807) is 20.3 Å². The van der Waals surface area contributed by atoms with Crippen LogP contribution in [0, 0.1) is 0 Å². The van der Waals surface area contributed by atoms with Crippen LogP contribution in [0.3, 0.4) is 0 Å². The Hall–Kier alpha value is -3.09. The van der Waals surface area contributed by atoms with E-state index in [0.29, 0.717) is 28.8 Å². The summed E-state index contributed by atoms with van der Waals surface area (Å²) in [5.41, 5.74) is 8.26. The summed E-state index contributed by atoms with van der Waals surface area (Å²) < 4.78 is 10.6. The van der Waals surface area contributed by atoms with Crippen LogP contribution in [0.1, 0.15) is 0 Å². The molecule has 0 spiro atoms. The molecule has 0 aliphatic carbocycles. The van der Waals surface area contributed by atoms with Gasteiger partial charge in [0.25, 0.3) is 0 Å². The van der Waals surface area contributed by atoms with Gasteiger partial charge in [0.2, 0.25) is 0 Å². The summed E-state index contributed by atoms with van der Waals surface area (Å²) in [6, 6.07) is 9.17. The molecule has 0 aliphatic heterocycles. The zero-order valence-electron chi connectivity index (χ0n) is 12.2. The fourth-order valence-corrected chi connectivity index (χ4v) is 2.17. The number of benzene rings is 1. The van der Waals surface area contributed by atoms with E-state index >= 15 is 0 Å². The summed E-state index contributed by atoms with van der Waals surface area (Å²) in [5.74, 6) is 2.25. The number of anilines is 1. The fraction of sp³-hybridized carbons (Fsp3) is 0.133. The van der Waals surface area contributed by atoms with Gasteiger partial charge >= 0.3 is 0 Å². The standard InChI is InChI=1S/C15H15N5O2/c1-21-12-4-3-9(6-13(12)22-2)11-5-10(7-14(16)19-11)15-17-8-18-20-15/h3-8H,1-2H3,(H2,16,19)(H,17,18,20). The number of hydrogen-bond acceptors (Lipinski definition) is 6. The van der Waals surface area contributed by atoms with E-state index in [0.717, 1.165) is 11.1 Å². The van der Waals surface area contributed by atoms with Crippen LogP contribution in [0.2, 0.25) is 0 Å². The second kappa shape index (κ2) is 5.72. The third kappa shape index (κ3) is 2.56.